The molecule has 2 aromatic heterocycles. The Morgan fingerprint density at radius 2 is 2.15 bits per heavy atom. The van der Waals surface area contributed by atoms with Crippen LogP contribution in [0.15, 0.2) is 29.2 Å². The van der Waals surface area contributed by atoms with Crippen molar-refractivity contribution in [1.82, 2.24) is 14.9 Å². The van der Waals surface area contributed by atoms with Crippen LogP contribution in [0.5, 0.6) is 0 Å². The van der Waals surface area contributed by atoms with Gasteiger partial charge in [0.2, 0.25) is 0 Å². The van der Waals surface area contributed by atoms with Crippen LogP contribution < -0.4 is 4.90 Å². The van der Waals surface area contributed by atoms with Crippen LogP contribution >= 0.6 is 22.9 Å². The van der Waals surface area contributed by atoms with Crippen LogP contribution in [-0.4, -0.2) is 41.0 Å². The largest absolute Gasteiger partial charge is 0.370 e. The molecule has 3 heterocycles. The monoisotopic (exact) mass is 308 g/mol. The number of hydrogen-bond donors (Lipinski definition) is 0. The second-order valence-corrected chi connectivity index (χ2v) is 6.04. The summed E-state index contributed by atoms with van der Waals surface area (Å²) in [6, 6.07) is 3.97. The van der Waals surface area contributed by atoms with Crippen LogP contribution in [0, 0.1) is 0 Å². The third-order valence-electron chi connectivity index (χ3n) is 3.53. The summed E-state index contributed by atoms with van der Waals surface area (Å²) in [5, 5.41) is 2.69. The fourth-order valence-electron chi connectivity index (χ4n) is 2.52. The van der Waals surface area contributed by atoms with Gasteiger partial charge in [0, 0.05) is 50.0 Å². The summed E-state index contributed by atoms with van der Waals surface area (Å²) >= 11 is 7.64. The summed E-state index contributed by atoms with van der Waals surface area (Å²) in [7, 11) is 0. The Labute approximate surface area is 128 Å². The first-order chi connectivity index (χ1) is 9.81. The molecule has 0 N–H and O–H groups in total. The van der Waals surface area contributed by atoms with Gasteiger partial charge in [-0.1, -0.05) is 11.6 Å². The maximum atomic E-state index is 5.97. The molecule has 4 nitrogen and oxygen atoms in total. The molecule has 1 aliphatic rings. The SMILES string of the molecule is Clc1cc(N2CCCN(Cc3cscn3)CC2)ccn1. The Morgan fingerprint density at radius 3 is 2.95 bits per heavy atom. The minimum absolute atomic E-state index is 0.561. The van der Waals surface area contributed by atoms with Crippen LogP contribution in [0.25, 0.3) is 0 Å². The lowest BCUT2D eigenvalue weighted by atomic mass is 10.3. The van der Waals surface area contributed by atoms with Gasteiger partial charge >= 0.3 is 0 Å². The zero-order valence-electron chi connectivity index (χ0n) is 11.2. The lowest BCUT2D eigenvalue weighted by Gasteiger charge is -2.23. The van der Waals surface area contributed by atoms with Crippen molar-refractivity contribution in [3.8, 4) is 0 Å². The molecule has 6 heteroatoms. The topological polar surface area (TPSA) is 32.3 Å². The van der Waals surface area contributed by atoms with Gasteiger partial charge < -0.3 is 4.90 Å². The Morgan fingerprint density at radius 1 is 1.20 bits per heavy atom. The maximum absolute atomic E-state index is 5.97. The van der Waals surface area contributed by atoms with Gasteiger partial charge in [0.25, 0.3) is 0 Å². The fourth-order valence-corrected chi connectivity index (χ4v) is 3.24. The zero-order valence-corrected chi connectivity index (χ0v) is 12.8. The van der Waals surface area contributed by atoms with Crippen LogP contribution in [-0.2, 0) is 6.54 Å². The first-order valence-electron chi connectivity index (χ1n) is 6.77. The van der Waals surface area contributed by atoms with E-state index in [0.717, 1.165) is 39.1 Å². The molecule has 0 amide bonds. The van der Waals surface area contributed by atoms with Crippen LogP contribution in [0.1, 0.15) is 12.1 Å². The number of hydrogen-bond acceptors (Lipinski definition) is 5. The highest BCUT2D eigenvalue weighted by Gasteiger charge is 2.16. The van der Waals surface area contributed by atoms with Gasteiger partial charge in [0.05, 0.1) is 11.2 Å². The van der Waals surface area contributed by atoms with Crippen LogP contribution in [0.3, 0.4) is 0 Å². The molecule has 2 aromatic rings. The van der Waals surface area contributed by atoms with Crippen LogP contribution in [0.2, 0.25) is 5.15 Å². The average Bonchev–Trinajstić information content (AvgIpc) is 2.84. The molecule has 0 spiro atoms. The minimum atomic E-state index is 0.561. The van der Waals surface area contributed by atoms with E-state index in [9.17, 15) is 0 Å². The number of pyridine rings is 1. The molecule has 1 fully saturated rings. The van der Waals surface area contributed by atoms with E-state index in [2.05, 4.69) is 25.1 Å². The summed E-state index contributed by atoms with van der Waals surface area (Å²) in [5.41, 5.74) is 4.24. The van der Waals surface area contributed by atoms with Crippen molar-refractivity contribution >= 4 is 28.6 Å². The van der Waals surface area contributed by atoms with Gasteiger partial charge in [-0.2, -0.15) is 0 Å². The Kier molecular flexibility index (Phi) is 4.50. The first kappa shape index (κ1) is 13.8. The standard InChI is InChI=1S/C14H17ClN4S/c15-14-8-13(2-3-16-14)19-5-1-4-18(6-7-19)9-12-10-20-11-17-12/h2-3,8,10-11H,1,4-7,9H2. The summed E-state index contributed by atoms with van der Waals surface area (Å²) < 4.78 is 0. The highest BCUT2D eigenvalue weighted by molar-refractivity contribution is 7.07. The zero-order chi connectivity index (χ0) is 13.8. The first-order valence-corrected chi connectivity index (χ1v) is 8.09. The highest BCUT2D eigenvalue weighted by Crippen LogP contribution is 2.19. The minimum Gasteiger partial charge on any atom is -0.370 e. The second-order valence-electron chi connectivity index (χ2n) is 4.93. The maximum Gasteiger partial charge on any atom is 0.131 e. The van der Waals surface area contributed by atoms with Crippen molar-refractivity contribution in [1.29, 1.82) is 0 Å². The van der Waals surface area contributed by atoms with E-state index in [1.54, 1.807) is 17.5 Å². The third kappa shape index (κ3) is 3.48. The molecule has 1 saturated heterocycles. The van der Waals surface area contributed by atoms with E-state index in [-0.39, 0.29) is 0 Å². The van der Waals surface area contributed by atoms with Gasteiger partial charge in [-0.15, -0.1) is 11.3 Å². The Bertz CT molecular complexity index is 546. The summed E-state index contributed by atoms with van der Waals surface area (Å²) in [6.45, 7) is 5.21. The van der Waals surface area contributed by atoms with Crippen molar-refractivity contribution in [3.63, 3.8) is 0 Å². The molecule has 0 bridgehead atoms. The van der Waals surface area contributed by atoms with Crippen molar-refractivity contribution in [2.75, 3.05) is 31.1 Å². The Hall–Kier alpha value is -1.17. The normalized spacial score (nSPS) is 17.1. The van der Waals surface area contributed by atoms with Gasteiger partial charge in [-0.25, -0.2) is 9.97 Å². The van der Waals surface area contributed by atoms with E-state index in [1.807, 2.05) is 17.6 Å². The van der Waals surface area contributed by atoms with E-state index < -0.39 is 0 Å². The smallest absolute Gasteiger partial charge is 0.131 e. The quantitative estimate of drug-likeness (QED) is 0.816. The molecular formula is C14H17ClN4S. The van der Waals surface area contributed by atoms with Crippen molar-refractivity contribution < 1.29 is 0 Å². The Balaban J connectivity index is 1.62. The molecule has 20 heavy (non-hydrogen) atoms. The van der Waals surface area contributed by atoms with Crippen molar-refractivity contribution in [2.24, 2.45) is 0 Å². The fraction of sp³-hybridized carbons (Fsp3) is 0.429. The molecule has 0 aromatic carbocycles. The van der Waals surface area contributed by atoms with E-state index >= 15 is 0 Å². The predicted octanol–water partition coefficient (Wildman–Crippen LogP) is 2.90. The molecule has 0 aliphatic carbocycles. The van der Waals surface area contributed by atoms with Gasteiger partial charge in [-0.05, 0) is 18.6 Å². The number of anilines is 1. The van der Waals surface area contributed by atoms with Gasteiger partial charge in [0.1, 0.15) is 5.15 Å². The third-order valence-corrected chi connectivity index (χ3v) is 4.37. The molecule has 0 atom stereocenters. The molecule has 0 saturated carbocycles. The molecule has 106 valence electrons. The molecular weight excluding hydrogens is 292 g/mol. The second kappa shape index (κ2) is 6.52. The summed E-state index contributed by atoms with van der Waals surface area (Å²) in [5.74, 6) is 0. The lowest BCUT2D eigenvalue weighted by molar-refractivity contribution is 0.282. The van der Waals surface area contributed by atoms with E-state index in [4.69, 9.17) is 11.6 Å². The predicted molar refractivity (Wildman–Crippen MR) is 83.5 cm³/mol. The van der Waals surface area contributed by atoms with E-state index in [0.29, 0.717) is 5.15 Å². The molecule has 3 rings (SSSR count). The number of halogens is 1. The average molecular weight is 309 g/mol. The molecule has 1 aliphatic heterocycles. The highest BCUT2D eigenvalue weighted by atomic mass is 35.5. The summed E-state index contributed by atoms with van der Waals surface area (Å²) in [4.78, 5) is 13.3. The van der Waals surface area contributed by atoms with Crippen molar-refractivity contribution in [2.45, 2.75) is 13.0 Å². The number of aromatic nitrogens is 2. The lowest BCUT2D eigenvalue weighted by Crippen LogP contribution is -2.30. The number of nitrogens with zero attached hydrogens (tertiary/aromatic N) is 4. The number of thiazole rings is 1. The van der Waals surface area contributed by atoms with Crippen LogP contribution in [0.4, 0.5) is 5.69 Å². The van der Waals surface area contributed by atoms with Gasteiger partial charge in [-0.3, -0.25) is 4.90 Å². The number of rotatable bonds is 3. The molecule has 0 unspecified atom stereocenters. The molecule has 0 radical (unpaired) electrons. The van der Waals surface area contributed by atoms with Gasteiger partial charge in [0.15, 0.2) is 0 Å². The summed E-state index contributed by atoms with van der Waals surface area (Å²) in [6.07, 6.45) is 2.93. The van der Waals surface area contributed by atoms with E-state index in [1.165, 1.54) is 11.4 Å². The van der Waals surface area contributed by atoms with Crippen molar-refractivity contribution in [3.05, 3.63) is 40.1 Å².